The van der Waals surface area contributed by atoms with Crippen molar-refractivity contribution < 1.29 is 39.0 Å². The van der Waals surface area contributed by atoms with Crippen molar-refractivity contribution in [3.8, 4) is 11.8 Å². The fourth-order valence-corrected chi connectivity index (χ4v) is 5.43. The van der Waals surface area contributed by atoms with Gasteiger partial charge in [0, 0.05) is 0 Å². The van der Waals surface area contributed by atoms with Crippen molar-refractivity contribution in [1.82, 2.24) is 9.78 Å². The molecule has 0 amide bonds. The van der Waals surface area contributed by atoms with E-state index in [0.717, 1.165) is 12.1 Å². The second kappa shape index (κ2) is 9.58. The van der Waals surface area contributed by atoms with Crippen LogP contribution in [0.3, 0.4) is 0 Å². The van der Waals surface area contributed by atoms with Gasteiger partial charge in [0.1, 0.15) is 16.7 Å². The Bertz CT molecular complexity index is 1490. The van der Waals surface area contributed by atoms with E-state index < -0.39 is 75.1 Å². The summed E-state index contributed by atoms with van der Waals surface area (Å²) in [6.45, 7) is 1.64. The molecule has 7 nitrogen and oxygen atoms in total. The summed E-state index contributed by atoms with van der Waals surface area (Å²) >= 11 is 11.8. The Labute approximate surface area is 211 Å². The molecule has 2 aromatic carbocycles. The monoisotopic (exact) mass is 590 g/mol. The standard InChI is InChI=1S/C19H10Cl2F6N4O3S2/c1-9-2-4-11(5-3-9)36(33,34)30-17-16(35(32)19(25,26)27)14(8-28)29-31(17)15-12(20)6-10(7-13(15)21)18(22,23)24/h2-7,30H,1H3. The van der Waals surface area contributed by atoms with Crippen molar-refractivity contribution in [2.45, 2.75) is 28.4 Å². The molecule has 0 radical (unpaired) electrons. The summed E-state index contributed by atoms with van der Waals surface area (Å²) in [4.78, 5) is -1.83. The maximum absolute atomic E-state index is 13.4. The molecule has 0 aliphatic carbocycles. The van der Waals surface area contributed by atoms with E-state index in [1.165, 1.54) is 18.2 Å². The molecule has 0 saturated heterocycles. The molecular formula is C19H10Cl2F6N4O3S2. The molecule has 0 aliphatic heterocycles. The molecule has 3 rings (SSSR count). The third-order valence-electron chi connectivity index (χ3n) is 4.46. The fourth-order valence-electron chi connectivity index (χ4n) is 2.85. The van der Waals surface area contributed by atoms with E-state index in [0.29, 0.717) is 17.7 Å². The van der Waals surface area contributed by atoms with Crippen LogP contribution in [0.4, 0.5) is 32.2 Å². The highest BCUT2D eigenvalue weighted by Crippen LogP contribution is 2.41. The van der Waals surface area contributed by atoms with Crippen molar-refractivity contribution in [3.05, 3.63) is 63.3 Å². The lowest BCUT2D eigenvalue weighted by Gasteiger charge is -2.16. The van der Waals surface area contributed by atoms with Gasteiger partial charge in [-0.25, -0.2) is 17.3 Å². The highest BCUT2D eigenvalue weighted by atomic mass is 35.5. The zero-order valence-electron chi connectivity index (χ0n) is 17.4. The summed E-state index contributed by atoms with van der Waals surface area (Å²) in [6.07, 6.45) is -4.91. The highest BCUT2D eigenvalue weighted by Gasteiger charge is 2.44. The molecular weight excluding hydrogens is 581 g/mol. The smallest absolute Gasteiger partial charge is 0.262 e. The van der Waals surface area contributed by atoms with Crippen LogP contribution in [0.15, 0.2) is 46.2 Å². The van der Waals surface area contributed by atoms with Crippen LogP contribution in [0.1, 0.15) is 16.8 Å². The topological polar surface area (TPSA) is 105 Å². The van der Waals surface area contributed by atoms with Gasteiger partial charge in [0.25, 0.3) is 10.0 Å². The van der Waals surface area contributed by atoms with Crippen LogP contribution in [-0.4, -0.2) is 27.9 Å². The number of sulfonamides is 1. The number of anilines is 1. The predicted octanol–water partition coefficient (Wildman–Crippen LogP) is 5.81. The van der Waals surface area contributed by atoms with Gasteiger partial charge in [0.05, 0.1) is 20.5 Å². The van der Waals surface area contributed by atoms with Crippen molar-refractivity contribution in [2.75, 3.05) is 4.72 Å². The Morgan fingerprint density at radius 3 is 2.03 bits per heavy atom. The maximum Gasteiger partial charge on any atom is 0.476 e. The van der Waals surface area contributed by atoms with Gasteiger partial charge >= 0.3 is 11.7 Å². The molecule has 0 aliphatic rings. The molecule has 1 heterocycles. The van der Waals surface area contributed by atoms with Crippen LogP contribution in [0.25, 0.3) is 5.69 Å². The van der Waals surface area contributed by atoms with Crippen LogP contribution < -0.4 is 4.72 Å². The predicted molar refractivity (Wildman–Crippen MR) is 118 cm³/mol. The number of benzene rings is 2. The van der Waals surface area contributed by atoms with Crippen molar-refractivity contribution in [3.63, 3.8) is 0 Å². The summed E-state index contributed by atoms with van der Waals surface area (Å²) in [5.41, 5.74) is -7.99. The molecule has 36 heavy (non-hydrogen) atoms. The van der Waals surface area contributed by atoms with E-state index in [4.69, 9.17) is 23.2 Å². The summed E-state index contributed by atoms with van der Waals surface area (Å²) in [5, 5.41) is 11.3. The largest absolute Gasteiger partial charge is 0.476 e. The van der Waals surface area contributed by atoms with E-state index in [1.54, 1.807) is 11.6 Å². The Balaban J connectivity index is 2.35. The Kier molecular flexibility index (Phi) is 7.39. The number of alkyl halides is 6. The first-order chi connectivity index (χ1) is 16.5. The molecule has 3 aromatic rings. The number of aryl methyl sites for hydroxylation is 1. The van der Waals surface area contributed by atoms with Gasteiger partial charge in [0.2, 0.25) is 0 Å². The summed E-state index contributed by atoms with van der Waals surface area (Å²) in [6, 6.07) is 6.99. The van der Waals surface area contributed by atoms with Gasteiger partial charge in [-0.2, -0.15) is 36.7 Å². The van der Waals surface area contributed by atoms with E-state index in [9.17, 15) is 44.2 Å². The zero-order chi connectivity index (χ0) is 27.2. The molecule has 1 atom stereocenters. The lowest BCUT2D eigenvalue weighted by atomic mass is 10.2. The summed E-state index contributed by atoms with van der Waals surface area (Å²) < 4.78 is 120. The van der Waals surface area contributed by atoms with Crippen LogP contribution in [-0.2, 0) is 27.0 Å². The van der Waals surface area contributed by atoms with Crippen LogP contribution in [0, 0.1) is 18.3 Å². The van der Waals surface area contributed by atoms with Gasteiger partial charge < -0.3 is 0 Å². The summed E-state index contributed by atoms with van der Waals surface area (Å²) in [5.74, 6) is -1.16. The Hall–Kier alpha value is -2.80. The highest BCUT2D eigenvalue weighted by molar-refractivity contribution is 7.93. The number of hydrogen-bond donors (Lipinski definition) is 1. The fraction of sp³-hybridized carbons (Fsp3) is 0.158. The first-order valence-corrected chi connectivity index (χ1v) is 12.5. The Morgan fingerprint density at radius 2 is 1.58 bits per heavy atom. The van der Waals surface area contributed by atoms with E-state index in [1.807, 2.05) is 0 Å². The molecule has 17 heteroatoms. The van der Waals surface area contributed by atoms with Crippen molar-refractivity contribution in [2.24, 2.45) is 0 Å². The minimum Gasteiger partial charge on any atom is -0.262 e. The third-order valence-corrected chi connectivity index (χ3v) is 7.57. The second-order valence-corrected chi connectivity index (χ2v) is 10.9. The molecule has 0 spiro atoms. The average Bonchev–Trinajstić information content (AvgIpc) is 3.08. The minimum atomic E-state index is -5.47. The molecule has 1 unspecified atom stereocenters. The number of aromatic nitrogens is 2. The van der Waals surface area contributed by atoms with Gasteiger partial charge in [-0.05, 0) is 31.2 Å². The summed E-state index contributed by atoms with van der Waals surface area (Å²) in [7, 11) is -8.70. The first-order valence-electron chi connectivity index (χ1n) is 9.15. The number of nitrogens with one attached hydrogen (secondary N) is 1. The van der Waals surface area contributed by atoms with E-state index in [-0.39, 0.29) is 4.68 Å². The number of nitriles is 1. The Morgan fingerprint density at radius 1 is 1.06 bits per heavy atom. The first kappa shape index (κ1) is 27.8. The number of hydrogen-bond acceptors (Lipinski definition) is 5. The van der Waals surface area contributed by atoms with Gasteiger partial charge in [0.15, 0.2) is 22.3 Å². The molecule has 1 N–H and O–H groups in total. The quantitative estimate of drug-likeness (QED) is 0.378. The lowest BCUT2D eigenvalue weighted by Crippen LogP contribution is -2.21. The van der Waals surface area contributed by atoms with Crippen molar-refractivity contribution >= 4 is 49.8 Å². The zero-order valence-corrected chi connectivity index (χ0v) is 20.5. The van der Waals surface area contributed by atoms with Crippen LogP contribution in [0.5, 0.6) is 0 Å². The molecule has 192 valence electrons. The number of halogens is 8. The second-order valence-electron chi connectivity index (χ2n) is 6.97. The van der Waals surface area contributed by atoms with Gasteiger partial charge in [-0.3, -0.25) is 4.72 Å². The number of rotatable bonds is 5. The lowest BCUT2D eigenvalue weighted by molar-refractivity contribution is -0.137. The van der Waals surface area contributed by atoms with Gasteiger partial charge in [-0.15, -0.1) is 0 Å². The van der Waals surface area contributed by atoms with E-state index in [2.05, 4.69) is 5.10 Å². The maximum atomic E-state index is 13.4. The SMILES string of the molecule is Cc1ccc(S(=O)(=O)Nc2c(S(=O)C(F)(F)F)c(C#N)nn2-c2c(Cl)cc(C(F)(F)F)cc2Cl)cc1. The molecule has 0 saturated carbocycles. The minimum absolute atomic E-state index is 0.286. The molecule has 0 bridgehead atoms. The van der Waals surface area contributed by atoms with Crippen LogP contribution >= 0.6 is 23.2 Å². The van der Waals surface area contributed by atoms with E-state index >= 15 is 0 Å². The van der Waals surface area contributed by atoms with Gasteiger partial charge in [-0.1, -0.05) is 40.9 Å². The number of nitrogens with zero attached hydrogens (tertiary/aromatic N) is 3. The molecule has 1 aromatic heterocycles. The third kappa shape index (κ3) is 5.46. The average molecular weight is 591 g/mol. The van der Waals surface area contributed by atoms with Crippen LogP contribution in [0.2, 0.25) is 10.0 Å². The molecule has 0 fully saturated rings. The van der Waals surface area contributed by atoms with Crippen molar-refractivity contribution in [1.29, 1.82) is 5.26 Å². The normalized spacial score (nSPS) is 13.3.